The molecule has 0 unspecified atom stereocenters. The fourth-order valence-electron chi connectivity index (χ4n) is 3.83. The van der Waals surface area contributed by atoms with Crippen molar-refractivity contribution in [1.29, 1.82) is 0 Å². The molecule has 0 aliphatic rings. The number of aromatic nitrogens is 2. The normalized spacial score (nSPS) is 10.8. The second-order valence-corrected chi connectivity index (χ2v) is 8.10. The van der Waals surface area contributed by atoms with Crippen molar-refractivity contribution >= 4 is 16.9 Å². The summed E-state index contributed by atoms with van der Waals surface area (Å²) in [6.45, 7) is 0.636. The van der Waals surface area contributed by atoms with Crippen molar-refractivity contribution in [3.63, 3.8) is 0 Å². The Balaban J connectivity index is 1.22. The first kappa shape index (κ1) is 21.5. The second kappa shape index (κ2) is 10.0. The number of nitrogens with one attached hydrogen (secondary N) is 2. The van der Waals surface area contributed by atoms with Gasteiger partial charge in [-0.15, -0.1) is 0 Å². The number of aromatic amines is 1. The quantitative estimate of drug-likeness (QED) is 0.271. The molecule has 0 bridgehead atoms. The fourth-order valence-corrected chi connectivity index (χ4v) is 3.83. The number of carbonyl (C=O) groups excluding carboxylic acids is 1. The van der Waals surface area contributed by atoms with Gasteiger partial charge in [0.25, 0.3) is 5.91 Å². The lowest BCUT2D eigenvalue weighted by atomic mass is 10.1. The maximum atomic E-state index is 12.6. The first-order chi connectivity index (χ1) is 16.7. The molecule has 1 aromatic heterocycles. The molecule has 0 aliphatic heterocycles. The van der Waals surface area contributed by atoms with Crippen LogP contribution in [0.2, 0.25) is 0 Å². The van der Waals surface area contributed by atoms with Gasteiger partial charge in [0.1, 0.15) is 17.3 Å². The molecule has 5 heteroatoms. The minimum atomic E-state index is -0.0754. The van der Waals surface area contributed by atoms with Gasteiger partial charge in [0.15, 0.2) is 0 Å². The second-order valence-electron chi connectivity index (χ2n) is 8.10. The average molecular weight is 448 g/mol. The summed E-state index contributed by atoms with van der Waals surface area (Å²) in [6, 6.07) is 33.3. The number of nitrogens with zero attached hydrogens (tertiary/aromatic N) is 1. The van der Waals surface area contributed by atoms with Gasteiger partial charge in [-0.1, -0.05) is 48.5 Å². The standard InChI is InChI=1S/C29H25N3O2/c33-29(30-19-7-10-21-8-3-1-4-9-21)23-15-18-26-27(20-23)32-28(31-26)22-13-16-25(17-14-22)34-24-11-5-2-6-12-24/h1-6,8-9,11-18,20H,7,10,19H2,(H,30,33)(H,31,32). The van der Waals surface area contributed by atoms with E-state index in [1.54, 1.807) is 0 Å². The lowest BCUT2D eigenvalue weighted by Gasteiger charge is -2.06. The smallest absolute Gasteiger partial charge is 0.251 e. The van der Waals surface area contributed by atoms with E-state index in [9.17, 15) is 4.79 Å². The molecule has 5 nitrogen and oxygen atoms in total. The highest BCUT2D eigenvalue weighted by atomic mass is 16.5. The highest BCUT2D eigenvalue weighted by Crippen LogP contribution is 2.26. The van der Waals surface area contributed by atoms with Crippen LogP contribution in [0.25, 0.3) is 22.4 Å². The Morgan fingerprint density at radius 2 is 1.53 bits per heavy atom. The molecule has 5 rings (SSSR count). The minimum Gasteiger partial charge on any atom is -0.457 e. The van der Waals surface area contributed by atoms with Gasteiger partial charge in [0.2, 0.25) is 0 Å². The highest BCUT2D eigenvalue weighted by molar-refractivity contribution is 5.97. The number of imidazole rings is 1. The molecular weight excluding hydrogens is 422 g/mol. The summed E-state index contributed by atoms with van der Waals surface area (Å²) in [6.07, 6.45) is 1.84. The van der Waals surface area contributed by atoms with E-state index in [0.717, 1.165) is 46.8 Å². The summed E-state index contributed by atoms with van der Waals surface area (Å²) in [5.74, 6) is 2.23. The third-order valence-corrected chi connectivity index (χ3v) is 5.62. The number of ether oxygens (including phenoxy) is 1. The van der Waals surface area contributed by atoms with Crippen LogP contribution < -0.4 is 10.1 Å². The number of aryl methyl sites for hydroxylation is 1. The van der Waals surface area contributed by atoms with Gasteiger partial charge in [-0.2, -0.15) is 0 Å². The van der Waals surface area contributed by atoms with Gasteiger partial charge >= 0.3 is 0 Å². The van der Waals surface area contributed by atoms with Crippen LogP contribution in [0.15, 0.2) is 103 Å². The zero-order chi connectivity index (χ0) is 23.2. The van der Waals surface area contributed by atoms with Crippen LogP contribution in [0.4, 0.5) is 0 Å². The van der Waals surface area contributed by atoms with Gasteiger partial charge in [-0.05, 0) is 73.0 Å². The van der Waals surface area contributed by atoms with E-state index < -0.39 is 0 Å². The Labute approximate surface area is 198 Å². The van der Waals surface area contributed by atoms with Crippen molar-refractivity contribution in [2.75, 3.05) is 6.54 Å². The monoisotopic (exact) mass is 447 g/mol. The van der Waals surface area contributed by atoms with Crippen molar-refractivity contribution in [3.8, 4) is 22.9 Å². The van der Waals surface area contributed by atoms with E-state index in [4.69, 9.17) is 4.74 Å². The number of carbonyl (C=O) groups is 1. The third-order valence-electron chi connectivity index (χ3n) is 5.62. The first-order valence-electron chi connectivity index (χ1n) is 11.4. The number of hydrogen-bond acceptors (Lipinski definition) is 3. The number of hydrogen-bond donors (Lipinski definition) is 2. The summed E-state index contributed by atoms with van der Waals surface area (Å²) in [4.78, 5) is 20.6. The zero-order valence-corrected chi connectivity index (χ0v) is 18.7. The molecule has 4 aromatic carbocycles. The maximum absolute atomic E-state index is 12.6. The Kier molecular flexibility index (Phi) is 6.34. The van der Waals surface area contributed by atoms with Crippen LogP contribution in [0.1, 0.15) is 22.3 Å². The molecule has 0 aliphatic carbocycles. The summed E-state index contributed by atoms with van der Waals surface area (Å²) in [7, 11) is 0. The zero-order valence-electron chi connectivity index (χ0n) is 18.7. The summed E-state index contributed by atoms with van der Waals surface area (Å²) >= 11 is 0. The number of fused-ring (bicyclic) bond motifs is 1. The van der Waals surface area contributed by atoms with Crippen LogP contribution in [0, 0.1) is 0 Å². The molecule has 1 amide bonds. The molecule has 5 aromatic rings. The van der Waals surface area contributed by atoms with E-state index in [1.807, 2.05) is 91.0 Å². The fraction of sp³-hybridized carbons (Fsp3) is 0.103. The van der Waals surface area contributed by atoms with Crippen LogP contribution in [0.5, 0.6) is 11.5 Å². The number of amides is 1. The molecule has 168 valence electrons. The van der Waals surface area contributed by atoms with Crippen LogP contribution in [-0.4, -0.2) is 22.4 Å². The Bertz CT molecular complexity index is 1380. The summed E-state index contributed by atoms with van der Waals surface area (Å²) < 4.78 is 5.86. The topological polar surface area (TPSA) is 67.0 Å². The van der Waals surface area contributed by atoms with Crippen LogP contribution in [-0.2, 0) is 6.42 Å². The van der Waals surface area contributed by atoms with Crippen LogP contribution >= 0.6 is 0 Å². The minimum absolute atomic E-state index is 0.0754. The maximum Gasteiger partial charge on any atom is 0.251 e. The Morgan fingerprint density at radius 1 is 0.824 bits per heavy atom. The Morgan fingerprint density at radius 3 is 2.29 bits per heavy atom. The molecule has 0 fully saturated rings. The van der Waals surface area contributed by atoms with Gasteiger partial charge in [-0.25, -0.2) is 4.98 Å². The molecule has 0 spiro atoms. The number of H-pyrrole nitrogens is 1. The SMILES string of the molecule is O=C(NCCCc1ccccc1)c1ccc2nc(-c3ccc(Oc4ccccc4)cc3)[nH]c2c1. The Hall–Kier alpha value is -4.38. The predicted molar refractivity (Wildman–Crippen MR) is 135 cm³/mol. The van der Waals surface area contributed by atoms with E-state index in [-0.39, 0.29) is 5.91 Å². The molecule has 2 N–H and O–H groups in total. The molecule has 1 heterocycles. The van der Waals surface area contributed by atoms with Crippen molar-refractivity contribution in [1.82, 2.24) is 15.3 Å². The van der Waals surface area contributed by atoms with E-state index in [0.29, 0.717) is 12.1 Å². The number of rotatable bonds is 8. The molecule has 34 heavy (non-hydrogen) atoms. The van der Waals surface area contributed by atoms with Gasteiger partial charge in [0.05, 0.1) is 11.0 Å². The first-order valence-corrected chi connectivity index (χ1v) is 11.4. The lowest BCUT2D eigenvalue weighted by Crippen LogP contribution is -2.24. The van der Waals surface area contributed by atoms with Crippen molar-refractivity contribution in [3.05, 3.63) is 114 Å². The molecule has 0 radical (unpaired) electrons. The third kappa shape index (κ3) is 5.15. The largest absolute Gasteiger partial charge is 0.457 e. The predicted octanol–water partition coefficient (Wildman–Crippen LogP) is 6.38. The average Bonchev–Trinajstić information content (AvgIpc) is 3.32. The van der Waals surface area contributed by atoms with Crippen LogP contribution in [0.3, 0.4) is 0 Å². The molecular formula is C29H25N3O2. The lowest BCUT2D eigenvalue weighted by molar-refractivity contribution is 0.0953. The summed E-state index contributed by atoms with van der Waals surface area (Å²) in [5, 5.41) is 3.01. The van der Waals surface area contributed by atoms with Crippen molar-refractivity contribution in [2.45, 2.75) is 12.8 Å². The van der Waals surface area contributed by atoms with E-state index >= 15 is 0 Å². The summed E-state index contributed by atoms with van der Waals surface area (Å²) in [5.41, 5.74) is 4.50. The number of para-hydroxylation sites is 1. The van der Waals surface area contributed by atoms with Crippen molar-refractivity contribution < 1.29 is 9.53 Å². The molecule has 0 saturated carbocycles. The van der Waals surface area contributed by atoms with Gasteiger partial charge in [-0.3, -0.25) is 4.79 Å². The van der Waals surface area contributed by atoms with E-state index in [1.165, 1.54) is 5.56 Å². The number of benzene rings is 4. The molecule has 0 saturated heterocycles. The van der Waals surface area contributed by atoms with Gasteiger partial charge < -0.3 is 15.0 Å². The highest BCUT2D eigenvalue weighted by Gasteiger charge is 2.10. The van der Waals surface area contributed by atoms with E-state index in [2.05, 4.69) is 27.4 Å². The molecule has 0 atom stereocenters. The van der Waals surface area contributed by atoms with Gasteiger partial charge in [0, 0.05) is 17.7 Å². The van der Waals surface area contributed by atoms with Crippen molar-refractivity contribution in [2.24, 2.45) is 0 Å².